The molecule has 0 atom stereocenters. The number of carbonyl (C=O) groups excluding carboxylic acids is 2. The van der Waals surface area contributed by atoms with Crippen molar-refractivity contribution in [1.29, 1.82) is 0 Å². The van der Waals surface area contributed by atoms with E-state index in [1.54, 1.807) is 0 Å². The zero-order chi connectivity index (χ0) is 22.6. The number of ether oxygens (including phenoxy) is 2. The van der Waals surface area contributed by atoms with Crippen molar-refractivity contribution in [2.24, 2.45) is 0 Å². The Bertz CT molecular complexity index is 574. The van der Waals surface area contributed by atoms with Gasteiger partial charge in [0.2, 0.25) is 0 Å². The third-order valence-electron chi connectivity index (χ3n) is 3.31. The maximum Gasteiger partial charge on any atom is 0.378 e. The molecule has 0 amide bonds. The minimum absolute atomic E-state index is 0.281. The molecule has 0 radical (unpaired) electrons. The number of hydrogen-bond acceptors (Lipinski definition) is 4. The highest BCUT2D eigenvalue weighted by molar-refractivity contribution is 5.87. The van der Waals surface area contributed by atoms with E-state index in [0.29, 0.717) is 0 Å². The summed E-state index contributed by atoms with van der Waals surface area (Å²) in [4.78, 5) is 22.0. The van der Waals surface area contributed by atoms with Crippen molar-refractivity contribution in [2.45, 2.75) is 50.4 Å². The Kier molecular flexibility index (Phi) is 8.23. The zero-order valence-electron chi connectivity index (χ0n) is 14.9. The van der Waals surface area contributed by atoms with Crippen LogP contribution in [0.15, 0.2) is 24.3 Å². The van der Waals surface area contributed by atoms with E-state index in [0.717, 1.165) is 13.8 Å². The molecule has 0 saturated heterocycles. The maximum absolute atomic E-state index is 13.6. The second kappa shape index (κ2) is 8.91. The summed E-state index contributed by atoms with van der Waals surface area (Å²) in [5.41, 5.74) is -0.563. The summed E-state index contributed by atoms with van der Waals surface area (Å²) >= 11 is 0. The lowest BCUT2D eigenvalue weighted by atomic mass is 9.95. The summed E-state index contributed by atoms with van der Waals surface area (Å²) in [6, 6.07) is 0. The van der Waals surface area contributed by atoms with Crippen LogP contribution in [0.2, 0.25) is 0 Å². The Balaban J connectivity index is 5.23. The number of esters is 2. The van der Waals surface area contributed by atoms with Gasteiger partial charge in [-0.25, -0.2) is 9.59 Å². The Morgan fingerprint density at radius 2 is 0.929 bits per heavy atom. The Morgan fingerprint density at radius 3 is 1.14 bits per heavy atom. The van der Waals surface area contributed by atoms with Crippen molar-refractivity contribution in [3.63, 3.8) is 0 Å². The van der Waals surface area contributed by atoms with E-state index in [2.05, 4.69) is 22.6 Å². The number of halogens is 8. The van der Waals surface area contributed by atoms with Gasteiger partial charge in [0.1, 0.15) is 0 Å². The molecule has 0 aromatic heterocycles. The van der Waals surface area contributed by atoms with Gasteiger partial charge in [0.15, 0.2) is 0 Å². The van der Waals surface area contributed by atoms with E-state index in [1.165, 1.54) is 0 Å². The lowest BCUT2D eigenvalue weighted by molar-refractivity contribution is -0.369. The molecule has 0 fully saturated rings. The van der Waals surface area contributed by atoms with Gasteiger partial charge in [0.05, 0.1) is 26.1 Å². The molecule has 28 heavy (non-hydrogen) atoms. The summed E-state index contributed by atoms with van der Waals surface area (Å²) in [6.07, 6.45) is -4.29. The van der Waals surface area contributed by atoms with Crippen molar-refractivity contribution < 1.29 is 54.2 Å². The third-order valence-corrected chi connectivity index (χ3v) is 3.31. The first kappa shape index (κ1) is 25.9. The van der Waals surface area contributed by atoms with Crippen LogP contribution in [0.4, 0.5) is 35.1 Å². The van der Waals surface area contributed by atoms with Crippen molar-refractivity contribution in [3.05, 3.63) is 24.3 Å². The second-order valence-corrected chi connectivity index (χ2v) is 5.89. The summed E-state index contributed by atoms with van der Waals surface area (Å²) in [7, 11) is 0. The molecule has 0 unspecified atom stereocenters. The molecule has 0 aliphatic heterocycles. The van der Waals surface area contributed by atoms with Crippen LogP contribution < -0.4 is 0 Å². The normalized spacial score (nSPS) is 13.1. The highest BCUT2D eigenvalue weighted by Gasteiger charge is 2.79. The summed E-state index contributed by atoms with van der Waals surface area (Å²) < 4.78 is 117. The lowest BCUT2D eigenvalue weighted by Crippen LogP contribution is -2.62. The minimum atomic E-state index is -6.50. The van der Waals surface area contributed by atoms with Crippen LogP contribution >= 0.6 is 0 Å². The predicted octanol–water partition coefficient (Wildman–Crippen LogP) is 4.55. The van der Waals surface area contributed by atoms with Gasteiger partial charge < -0.3 is 9.47 Å². The van der Waals surface area contributed by atoms with Crippen LogP contribution in [0, 0.1) is 0 Å². The molecule has 0 bridgehead atoms. The van der Waals surface area contributed by atoms with Gasteiger partial charge in [0.25, 0.3) is 0 Å². The summed E-state index contributed by atoms with van der Waals surface area (Å²) in [6.45, 7) is 5.47. The van der Waals surface area contributed by atoms with E-state index >= 15 is 0 Å². The van der Waals surface area contributed by atoms with Gasteiger partial charge in [-0.05, 0) is 13.8 Å². The van der Waals surface area contributed by atoms with E-state index in [4.69, 9.17) is 0 Å². The van der Waals surface area contributed by atoms with Gasteiger partial charge in [-0.2, -0.15) is 35.1 Å². The van der Waals surface area contributed by atoms with Crippen LogP contribution in [0.5, 0.6) is 0 Å². The average molecular weight is 426 g/mol. The molecular formula is C16H18F8O4. The molecule has 0 aromatic rings. The first-order valence-electron chi connectivity index (χ1n) is 7.57. The summed E-state index contributed by atoms with van der Waals surface area (Å²) in [5, 5.41) is 0. The molecule has 12 heteroatoms. The van der Waals surface area contributed by atoms with E-state index < -0.39 is 61.7 Å². The largest absolute Gasteiger partial charge is 0.462 e. The predicted molar refractivity (Wildman–Crippen MR) is 80.6 cm³/mol. The minimum Gasteiger partial charge on any atom is -0.462 e. The molecule has 0 saturated carbocycles. The van der Waals surface area contributed by atoms with E-state index in [9.17, 15) is 44.7 Å². The van der Waals surface area contributed by atoms with Gasteiger partial charge in [-0.15, -0.1) is 0 Å². The Hall–Kier alpha value is -2.14. The SMILES string of the molecule is C=C(C)C(=O)OCCC(F)(F)C(F)(F)C(F)(F)C(F)(F)CCOC(=O)C(=C)C. The van der Waals surface area contributed by atoms with Gasteiger partial charge in [-0.1, -0.05) is 13.2 Å². The molecule has 0 spiro atoms. The van der Waals surface area contributed by atoms with E-state index in [-0.39, 0.29) is 11.1 Å². The molecule has 0 aliphatic rings. The molecule has 0 aliphatic carbocycles. The topological polar surface area (TPSA) is 52.6 Å². The zero-order valence-corrected chi connectivity index (χ0v) is 14.9. The fourth-order valence-corrected chi connectivity index (χ4v) is 1.56. The van der Waals surface area contributed by atoms with E-state index in [1.807, 2.05) is 0 Å². The second-order valence-electron chi connectivity index (χ2n) is 5.89. The van der Waals surface area contributed by atoms with Crippen molar-refractivity contribution >= 4 is 11.9 Å². The molecule has 0 rings (SSSR count). The van der Waals surface area contributed by atoms with Crippen LogP contribution in [-0.4, -0.2) is 48.8 Å². The number of carbonyl (C=O) groups is 2. The highest BCUT2D eigenvalue weighted by Crippen LogP contribution is 2.54. The van der Waals surface area contributed by atoms with Gasteiger partial charge in [0, 0.05) is 11.1 Å². The maximum atomic E-state index is 13.6. The monoisotopic (exact) mass is 426 g/mol. The van der Waals surface area contributed by atoms with Crippen LogP contribution in [0.3, 0.4) is 0 Å². The highest BCUT2D eigenvalue weighted by atomic mass is 19.4. The molecule has 0 heterocycles. The Labute approximate surface area is 155 Å². The Morgan fingerprint density at radius 1 is 0.679 bits per heavy atom. The standard InChI is InChI=1S/C16H18F8O4/c1-9(2)11(25)27-7-5-13(17,18)15(21,22)16(23,24)14(19,20)6-8-28-12(26)10(3)4/h1,3,5-8H2,2,4H3. The number of hydrogen-bond donors (Lipinski definition) is 0. The van der Waals surface area contributed by atoms with Gasteiger partial charge >= 0.3 is 35.6 Å². The van der Waals surface area contributed by atoms with Crippen molar-refractivity contribution in [1.82, 2.24) is 0 Å². The van der Waals surface area contributed by atoms with Crippen molar-refractivity contribution in [2.75, 3.05) is 13.2 Å². The lowest BCUT2D eigenvalue weighted by Gasteiger charge is -2.36. The molecule has 0 N–H and O–H groups in total. The quantitative estimate of drug-likeness (QED) is 0.277. The fourth-order valence-electron chi connectivity index (χ4n) is 1.56. The fraction of sp³-hybridized carbons (Fsp3) is 0.625. The summed E-state index contributed by atoms with van der Waals surface area (Å²) in [5.74, 6) is -26.8. The molecule has 162 valence electrons. The van der Waals surface area contributed by atoms with Crippen LogP contribution in [0.25, 0.3) is 0 Å². The average Bonchev–Trinajstić information content (AvgIpc) is 2.53. The van der Waals surface area contributed by atoms with Crippen molar-refractivity contribution in [3.8, 4) is 0 Å². The molecular weight excluding hydrogens is 408 g/mol. The first-order valence-corrected chi connectivity index (χ1v) is 7.57. The molecule has 4 nitrogen and oxygen atoms in total. The smallest absolute Gasteiger partial charge is 0.378 e. The van der Waals surface area contributed by atoms with Crippen LogP contribution in [0.1, 0.15) is 26.7 Å². The van der Waals surface area contributed by atoms with Gasteiger partial charge in [-0.3, -0.25) is 0 Å². The van der Waals surface area contributed by atoms with Crippen LogP contribution in [-0.2, 0) is 19.1 Å². The third kappa shape index (κ3) is 5.68. The first-order chi connectivity index (χ1) is 12.4. The number of rotatable bonds is 11. The number of alkyl halides is 8. The molecule has 0 aromatic carbocycles.